The number of aryl methyl sites for hydroxylation is 1. The minimum absolute atomic E-state index is 0.0132. The van der Waals surface area contributed by atoms with Crippen molar-refractivity contribution in [3.8, 4) is 5.75 Å². The Morgan fingerprint density at radius 2 is 1.74 bits per heavy atom. The molecule has 0 aliphatic carbocycles. The number of nitrogens with one attached hydrogen (secondary N) is 1. The molecule has 1 aliphatic heterocycles. The zero-order valence-corrected chi connectivity index (χ0v) is 16.4. The Morgan fingerprint density at radius 1 is 1.07 bits per heavy atom. The van der Waals surface area contributed by atoms with Crippen LogP contribution in [0.3, 0.4) is 0 Å². The Bertz CT molecular complexity index is 752. The third-order valence-corrected chi connectivity index (χ3v) is 5.32. The molecule has 0 bridgehead atoms. The van der Waals surface area contributed by atoms with Gasteiger partial charge in [-0.2, -0.15) is 0 Å². The fourth-order valence-corrected chi connectivity index (χ4v) is 3.53. The summed E-state index contributed by atoms with van der Waals surface area (Å²) in [4.78, 5) is 17.5. The van der Waals surface area contributed by atoms with Gasteiger partial charge in [0.25, 0.3) is 5.91 Å². The van der Waals surface area contributed by atoms with Crippen molar-refractivity contribution in [1.82, 2.24) is 15.1 Å². The van der Waals surface area contributed by atoms with Crippen LogP contribution in [-0.4, -0.2) is 62.6 Å². The molecule has 1 saturated heterocycles. The minimum Gasteiger partial charge on any atom is -0.497 e. The van der Waals surface area contributed by atoms with E-state index >= 15 is 0 Å². The average molecular weight is 367 g/mol. The standard InChI is InChI=1S/C22H29N3O2/c1-17-6-4-5-7-20(17)22(26)23-16-21(25-14-12-24(2)13-15-25)18-8-10-19(27-3)11-9-18/h4-11,21H,12-16H2,1-3H3,(H,23,26)/t21-/m0/s1. The highest BCUT2D eigenvalue weighted by molar-refractivity contribution is 5.95. The molecule has 5 heteroatoms. The highest BCUT2D eigenvalue weighted by Crippen LogP contribution is 2.24. The largest absolute Gasteiger partial charge is 0.497 e. The zero-order valence-electron chi connectivity index (χ0n) is 16.4. The summed E-state index contributed by atoms with van der Waals surface area (Å²) in [5.41, 5.74) is 2.94. The highest BCUT2D eigenvalue weighted by Gasteiger charge is 2.24. The molecule has 0 radical (unpaired) electrons. The van der Waals surface area contributed by atoms with Crippen LogP contribution >= 0.6 is 0 Å². The first-order valence-corrected chi connectivity index (χ1v) is 9.49. The molecule has 0 unspecified atom stereocenters. The maximum Gasteiger partial charge on any atom is 0.251 e. The molecule has 3 rings (SSSR count). The van der Waals surface area contributed by atoms with Crippen LogP contribution in [0.2, 0.25) is 0 Å². The number of carbonyl (C=O) groups excluding carboxylic acids is 1. The summed E-state index contributed by atoms with van der Waals surface area (Å²) in [5.74, 6) is 0.834. The van der Waals surface area contributed by atoms with Gasteiger partial charge < -0.3 is 15.0 Å². The van der Waals surface area contributed by atoms with Crippen molar-refractivity contribution < 1.29 is 9.53 Å². The van der Waals surface area contributed by atoms with E-state index in [9.17, 15) is 4.79 Å². The summed E-state index contributed by atoms with van der Waals surface area (Å²) in [6.07, 6.45) is 0. The van der Waals surface area contributed by atoms with Crippen molar-refractivity contribution >= 4 is 5.91 Å². The third kappa shape index (κ3) is 4.87. The molecule has 0 aromatic heterocycles. The molecule has 144 valence electrons. The van der Waals surface area contributed by atoms with Gasteiger partial charge in [-0.15, -0.1) is 0 Å². The van der Waals surface area contributed by atoms with Crippen LogP contribution in [0.1, 0.15) is 27.5 Å². The molecule has 0 saturated carbocycles. The van der Waals surface area contributed by atoms with Gasteiger partial charge in [0.05, 0.1) is 13.2 Å². The van der Waals surface area contributed by atoms with Crippen molar-refractivity contribution in [3.05, 3.63) is 65.2 Å². The lowest BCUT2D eigenvalue weighted by Gasteiger charge is -2.38. The van der Waals surface area contributed by atoms with Crippen LogP contribution in [-0.2, 0) is 0 Å². The SMILES string of the molecule is COc1ccc([C@H](CNC(=O)c2ccccc2C)N2CCN(C)CC2)cc1. The molecular formula is C22H29N3O2. The van der Waals surface area contributed by atoms with Crippen LogP contribution < -0.4 is 10.1 Å². The van der Waals surface area contributed by atoms with E-state index < -0.39 is 0 Å². The number of nitrogens with zero attached hydrogens (tertiary/aromatic N) is 2. The number of amides is 1. The smallest absolute Gasteiger partial charge is 0.251 e. The van der Waals surface area contributed by atoms with Crippen molar-refractivity contribution in [2.24, 2.45) is 0 Å². The maximum absolute atomic E-state index is 12.7. The monoisotopic (exact) mass is 367 g/mol. The van der Waals surface area contributed by atoms with Gasteiger partial charge in [0.2, 0.25) is 0 Å². The van der Waals surface area contributed by atoms with E-state index in [0.717, 1.165) is 43.1 Å². The molecule has 1 heterocycles. The number of hydrogen-bond acceptors (Lipinski definition) is 4. The second-order valence-corrected chi connectivity index (χ2v) is 7.15. The number of carbonyl (C=O) groups is 1. The minimum atomic E-state index is -0.0132. The molecule has 1 amide bonds. The molecule has 0 spiro atoms. The Morgan fingerprint density at radius 3 is 2.37 bits per heavy atom. The molecular weight excluding hydrogens is 338 g/mol. The van der Waals surface area contributed by atoms with E-state index in [4.69, 9.17) is 4.74 Å². The van der Waals surface area contributed by atoms with Gasteiger partial charge in [0, 0.05) is 38.3 Å². The normalized spacial score (nSPS) is 16.7. The Hall–Kier alpha value is -2.37. The summed E-state index contributed by atoms with van der Waals surface area (Å²) in [5, 5.41) is 3.15. The van der Waals surface area contributed by atoms with Crippen LogP contribution in [0.4, 0.5) is 0 Å². The number of ether oxygens (including phenoxy) is 1. The first-order valence-electron chi connectivity index (χ1n) is 9.49. The molecule has 1 atom stereocenters. The van der Waals surface area contributed by atoms with Gasteiger partial charge in [-0.05, 0) is 43.3 Å². The lowest BCUT2D eigenvalue weighted by molar-refractivity contribution is 0.0885. The third-order valence-electron chi connectivity index (χ3n) is 5.32. The summed E-state index contributed by atoms with van der Waals surface area (Å²) in [6, 6.07) is 16.0. The quantitative estimate of drug-likeness (QED) is 0.853. The Labute approximate surface area is 161 Å². The highest BCUT2D eigenvalue weighted by atomic mass is 16.5. The molecule has 1 aliphatic rings. The Balaban J connectivity index is 1.75. The second-order valence-electron chi connectivity index (χ2n) is 7.15. The van der Waals surface area contributed by atoms with Gasteiger partial charge in [-0.3, -0.25) is 9.69 Å². The van der Waals surface area contributed by atoms with E-state index in [0.29, 0.717) is 6.54 Å². The van der Waals surface area contributed by atoms with Gasteiger partial charge in [-0.1, -0.05) is 30.3 Å². The van der Waals surface area contributed by atoms with Crippen molar-refractivity contribution in [2.45, 2.75) is 13.0 Å². The lowest BCUT2D eigenvalue weighted by atomic mass is 10.0. The fourth-order valence-electron chi connectivity index (χ4n) is 3.53. The molecule has 5 nitrogen and oxygen atoms in total. The summed E-state index contributed by atoms with van der Waals surface area (Å²) < 4.78 is 5.29. The maximum atomic E-state index is 12.7. The first-order chi connectivity index (χ1) is 13.1. The topological polar surface area (TPSA) is 44.8 Å². The summed E-state index contributed by atoms with van der Waals surface area (Å²) in [7, 11) is 3.83. The molecule has 2 aromatic carbocycles. The van der Waals surface area contributed by atoms with Crippen LogP contribution in [0.15, 0.2) is 48.5 Å². The van der Waals surface area contributed by atoms with E-state index in [2.05, 4.69) is 34.3 Å². The number of benzene rings is 2. The summed E-state index contributed by atoms with van der Waals surface area (Å²) in [6.45, 7) is 6.62. The van der Waals surface area contributed by atoms with E-state index in [1.54, 1.807) is 7.11 Å². The molecule has 1 N–H and O–H groups in total. The van der Waals surface area contributed by atoms with Crippen LogP contribution in [0.5, 0.6) is 5.75 Å². The number of hydrogen-bond donors (Lipinski definition) is 1. The molecule has 27 heavy (non-hydrogen) atoms. The fraction of sp³-hybridized carbons (Fsp3) is 0.409. The predicted octanol–water partition coefficient (Wildman–Crippen LogP) is 2.72. The average Bonchev–Trinajstić information content (AvgIpc) is 2.70. The van der Waals surface area contributed by atoms with Gasteiger partial charge >= 0.3 is 0 Å². The summed E-state index contributed by atoms with van der Waals surface area (Å²) >= 11 is 0. The van der Waals surface area contributed by atoms with E-state index in [1.165, 1.54) is 5.56 Å². The van der Waals surface area contributed by atoms with E-state index in [1.807, 2.05) is 43.3 Å². The van der Waals surface area contributed by atoms with Gasteiger partial charge in [-0.25, -0.2) is 0 Å². The number of likely N-dealkylation sites (N-methyl/N-ethyl adjacent to an activating group) is 1. The predicted molar refractivity (Wildman–Crippen MR) is 108 cm³/mol. The van der Waals surface area contributed by atoms with Gasteiger partial charge in [0.1, 0.15) is 5.75 Å². The second kappa shape index (κ2) is 9.02. The number of methoxy groups -OCH3 is 1. The number of rotatable bonds is 6. The van der Waals surface area contributed by atoms with Crippen LogP contribution in [0.25, 0.3) is 0 Å². The Kier molecular flexibility index (Phi) is 6.48. The van der Waals surface area contributed by atoms with E-state index in [-0.39, 0.29) is 11.9 Å². The van der Waals surface area contributed by atoms with Crippen LogP contribution in [0, 0.1) is 6.92 Å². The number of piperazine rings is 1. The first kappa shape index (κ1) is 19.4. The van der Waals surface area contributed by atoms with Crippen molar-refractivity contribution in [2.75, 3.05) is 46.9 Å². The van der Waals surface area contributed by atoms with Gasteiger partial charge in [0.15, 0.2) is 0 Å². The lowest BCUT2D eigenvalue weighted by Crippen LogP contribution is -2.48. The van der Waals surface area contributed by atoms with Crippen molar-refractivity contribution in [1.29, 1.82) is 0 Å². The zero-order chi connectivity index (χ0) is 19.2. The molecule has 1 fully saturated rings. The molecule has 2 aromatic rings. The van der Waals surface area contributed by atoms with Crippen molar-refractivity contribution in [3.63, 3.8) is 0 Å².